The number of ether oxygens (including phenoxy) is 1. The molecule has 2 aliphatic heterocycles. The minimum absolute atomic E-state index is 0.0840. The molecule has 6 aromatic carbocycles. The second-order valence-electron chi connectivity index (χ2n) is 20.1. The number of carbonyl (C=O) groups excluding carboxylic acids is 1. The molecule has 0 unspecified atom stereocenters. The van der Waals surface area contributed by atoms with E-state index < -0.39 is 26.0 Å². The summed E-state index contributed by atoms with van der Waals surface area (Å²) in [5, 5.41) is 10.2. The lowest BCUT2D eigenvalue weighted by Gasteiger charge is -2.31. The number of sulfonamides is 2. The van der Waals surface area contributed by atoms with Crippen LogP contribution in [0.3, 0.4) is 0 Å². The van der Waals surface area contributed by atoms with Crippen molar-refractivity contribution in [3.8, 4) is 22.5 Å². The summed E-state index contributed by atoms with van der Waals surface area (Å²) in [7, 11) is -7.36. The quantitative estimate of drug-likeness (QED) is 0.0596. The number of aromatic nitrogens is 4. The van der Waals surface area contributed by atoms with Crippen molar-refractivity contribution in [1.82, 2.24) is 28.5 Å². The van der Waals surface area contributed by atoms with Crippen molar-refractivity contribution in [3.63, 3.8) is 0 Å². The average Bonchev–Trinajstić information content (AvgIpc) is 3.57. The minimum atomic E-state index is -3.68. The van der Waals surface area contributed by atoms with Gasteiger partial charge in [-0.05, 0) is 155 Å². The van der Waals surface area contributed by atoms with Gasteiger partial charge in [0, 0.05) is 60.2 Å². The van der Waals surface area contributed by atoms with Crippen LogP contribution >= 0.6 is 23.2 Å². The highest BCUT2D eigenvalue weighted by Crippen LogP contribution is 2.35. The van der Waals surface area contributed by atoms with Crippen LogP contribution in [0.1, 0.15) is 105 Å². The molecule has 0 aliphatic carbocycles. The van der Waals surface area contributed by atoms with Crippen molar-refractivity contribution in [3.05, 3.63) is 178 Å². The van der Waals surface area contributed by atoms with Crippen molar-refractivity contribution in [1.29, 1.82) is 0 Å². The second-order valence-corrected chi connectivity index (χ2v) is 24.9. The number of hydrogen-bond acceptors (Lipinski definition) is 11. The number of aryl methyl sites for hydroxylation is 2. The minimum Gasteiger partial charge on any atom is -0.481 e. The van der Waals surface area contributed by atoms with Crippen molar-refractivity contribution in [2.75, 3.05) is 32.8 Å². The van der Waals surface area contributed by atoms with Gasteiger partial charge < -0.3 is 9.84 Å². The van der Waals surface area contributed by atoms with Gasteiger partial charge in [0.15, 0.2) is 0 Å². The van der Waals surface area contributed by atoms with Gasteiger partial charge >= 0.3 is 11.9 Å². The smallest absolute Gasteiger partial charge is 0.305 e. The zero-order valence-electron chi connectivity index (χ0n) is 44.6. The summed E-state index contributed by atoms with van der Waals surface area (Å²) in [6.07, 6.45) is 7.19. The summed E-state index contributed by atoms with van der Waals surface area (Å²) < 4.78 is 62.6. The standard InChI is InChI=1S/C32H34ClN3O4S.C30H30ClN3O4S/c1-2-40-31(37)11-7-6-10-29-32(25-12-14-26(33)15-13-25)35-28-17-16-27(22-30(28)34-29)41(38,39)36-20-18-24(19-21-36)23-8-4-3-5-9-23;31-24-12-10-23(11-13-24)30-27(8-4-5-9-29(35)36)32-28-20-25(14-15-26(28)33-30)39(37,38)34-18-16-22(17-19-34)21-6-2-1-3-7-21/h3-5,8-9,12-17,22,24H,2,6-7,10-11,18-21H2,1H3;1-3,6-7,10-15,20,22H,4-5,8-9,16-19H2,(H,35,36). The first-order chi connectivity index (χ1) is 38.7. The third kappa shape index (κ3) is 14.4. The van der Waals surface area contributed by atoms with Gasteiger partial charge in [-0.25, -0.2) is 36.8 Å². The summed E-state index contributed by atoms with van der Waals surface area (Å²) in [5.74, 6) is -0.323. The Kier molecular flexibility index (Phi) is 19.4. The number of hydrogen-bond donors (Lipinski definition) is 1. The van der Waals surface area contributed by atoms with Gasteiger partial charge in [0.2, 0.25) is 20.0 Å². The van der Waals surface area contributed by atoms with Crippen molar-refractivity contribution in [2.45, 2.75) is 106 Å². The van der Waals surface area contributed by atoms with Gasteiger partial charge in [-0.1, -0.05) is 108 Å². The second kappa shape index (κ2) is 26.7. The number of unbranched alkanes of at least 4 members (excludes halogenated alkanes) is 2. The van der Waals surface area contributed by atoms with Crippen LogP contribution < -0.4 is 0 Å². The molecule has 416 valence electrons. The number of rotatable bonds is 19. The predicted octanol–water partition coefficient (Wildman–Crippen LogP) is 13.1. The fraction of sp³-hybridized carbons (Fsp3) is 0.323. The van der Waals surface area contributed by atoms with E-state index in [4.69, 9.17) is 53.0 Å². The summed E-state index contributed by atoms with van der Waals surface area (Å²) in [6.45, 7) is 4.06. The predicted molar refractivity (Wildman–Crippen MR) is 314 cm³/mol. The summed E-state index contributed by atoms with van der Waals surface area (Å²) in [6, 6.07) is 45.2. The molecule has 0 spiro atoms. The molecule has 18 heteroatoms. The van der Waals surface area contributed by atoms with Gasteiger partial charge in [0.1, 0.15) is 0 Å². The number of carbonyl (C=O) groups is 2. The van der Waals surface area contributed by atoms with Crippen molar-refractivity contribution in [2.24, 2.45) is 0 Å². The molecule has 10 rings (SSSR count). The van der Waals surface area contributed by atoms with Gasteiger partial charge in [-0.3, -0.25) is 9.59 Å². The molecule has 0 amide bonds. The third-order valence-electron chi connectivity index (χ3n) is 14.8. The monoisotopic (exact) mass is 1150 g/mol. The van der Waals surface area contributed by atoms with E-state index in [1.165, 1.54) is 11.1 Å². The average molecular weight is 1160 g/mol. The zero-order valence-corrected chi connectivity index (χ0v) is 47.7. The molecule has 1 N–H and O–H groups in total. The molecule has 2 aliphatic rings. The van der Waals surface area contributed by atoms with Gasteiger partial charge in [-0.15, -0.1) is 0 Å². The van der Waals surface area contributed by atoms with E-state index in [1.54, 1.807) is 64.1 Å². The van der Waals surface area contributed by atoms with E-state index in [0.717, 1.165) is 48.2 Å². The SMILES string of the molecule is CCOC(=O)CCCCc1nc2cc(S(=O)(=O)N3CCC(c4ccccc4)CC3)ccc2nc1-c1ccc(Cl)cc1.O=C(O)CCCCc1nc2cc(S(=O)(=O)N3CCC(c4ccccc4)CC3)ccc2nc1-c1ccc(Cl)cc1. The number of benzene rings is 6. The summed E-state index contributed by atoms with van der Waals surface area (Å²) in [4.78, 5) is 42.6. The van der Waals surface area contributed by atoms with Gasteiger partial charge in [0.05, 0.1) is 61.2 Å². The first-order valence-corrected chi connectivity index (χ1v) is 30.9. The van der Waals surface area contributed by atoms with Crippen LogP contribution in [0.2, 0.25) is 10.0 Å². The van der Waals surface area contributed by atoms with Crippen LogP contribution in [0.4, 0.5) is 0 Å². The lowest BCUT2D eigenvalue weighted by molar-refractivity contribution is -0.143. The largest absolute Gasteiger partial charge is 0.481 e. The first-order valence-electron chi connectivity index (χ1n) is 27.3. The number of esters is 1. The van der Waals surface area contributed by atoms with Gasteiger partial charge in [-0.2, -0.15) is 8.61 Å². The molecule has 14 nitrogen and oxygen atoms in total. The molecular formula is C62H64Cl2N6O8S2. The Morgan fingerprint density at radius 3 is 1.31 bits per heavy atom. The third-order valence-corrected chi connectivity index (χ3v) is 19.1. The number of carboxylic acid groups (broad SMARTS) is 1. The summed E-state index contributed by atoms with van der Waals surface area (Å²) in [5.41, 5.74) is 9.35. The molecule has 8 aromatic rings. The molecule has 4 heterocycles. The van der Waals surface area contributed by atoms with E-state index in [9.17, 15) is 26.4 Å². The normalized spacial score (nSPS) is 14.9. The number of aliphatic carboxylic acids is 1. The molecule has 0 saturated carbocycles. The molecule has 0 radical (unpaired) electrons. The number of fused-ring (bicyclic) bond motifs is 2. The lowest BCUT2D eigenvalue weighted by atomic mass is 9.90. The Labute approximate surface area is 478 Å². The number of carboxylic acids is 1. The van der Waals surface area contributed by atoms with Crippen molar-refractivity contribution >= 4 is 77.3 Å². The van der Waals surface area contributed by atoms with E-state index in [-0.39, 0.29) is 22.2 Å². The number of halogens is 2. The van der Waals surface area contributed by atoms with Crippen LogP contribution in [0.15, 0.2) is 155 Å². The maximum Gasteiger partial charge on any atom is 0.305 e. The fourth-order valence-corrected chi connectivity index (χ4v) is 13.7. The van der Waals surface area contributed by atoms with Crippen LogP contribution in [0.5, 0.6) is 0 Å². The Balaban J connectivity index is 0.000000194. The van der Waals surface area contributed by atoms with Crippen LogP contribution in [0, 0.1) is 0 Å². The van der Waals surface area contributed by atoms with E-state index >= 15 is 0 Å². The Hall–Kier alpha value is -6.66. The topological polar surface area (TPSA) is 190 Å². The van der Waals surface area contributed by atoms with E-state index in [0.29, 0.717) is 133 Å². The lowest BCUT2D eigenvalue weighted by Crippen LogP contribution is -2.37. The van der Waals surface area contributed by atoms with Crippen molar-refractivity contribution < 1.29 is 36.3 Å². The highest BCUT2D eigenvalue weighted by Gasteiger charge is 2.32. The maximum absolute atomic E-state index is 13.6. The highest BCUT2D eigenvalue weighted by atomic mass is 35.5. The summed E-state index contributed by atoms with van der Waals surface area (Å²) >= 11 is 12.2. The van der Waals surface area contributed by atoms with Crippen LogP contribution in [-0.2, 0) is 47.2 Å². The molecule has 2 fully saturated rings. The molecule has 0 atom stereocenters. The molecule has 0 bridgehead atoms. The van der Waals surface area contributed by atoms with Crippen LogP contribution in [0.25, 0.3) is 44.6 Å². The number of piperidine rings is 2. The number of nitrogens with zero attached hydrogens (tertiary/aromatic N) is 6. The molecular weight excluding hydrogens is 1090 g/mol. The highest BCUT2D eigenvalue weighted by molar-refractivity contribution is 7.89. The Bertz CT molecular complexity index is 3660. The molecule has 2 aromatic heterocycles. The fourth-order valence-electron chi connectivity index (χ4n) is 10.5. The van der Waals surface area contributed by atoms with E-state index in [1.807, 2.05) is 72.8 Å². The Morgan fingerprint density at radius 1 is 0.525 bits per heavy atom. The maximum atomic E-state index is 13.6. The van der Waals surface area contributed by atoms with Gasteiger partial charge in [0.25, 0.3) is 0 Å². The first kappa shape index (κ1) is 58.0. The zero-order chi connectivity index (χ0) is 56.2. The molecule has 2 saturated heterocycles. The van der Waals surface area contributed by atoms with Crippen LogP contribution in [-0.4, -0.2) is 95.2 Å². The Morgan fingerprint density at radius 2 is 0.925 bits per heavy atom. The van der Waals surface area contributed by atoms with E-state index in [2.05, 4.69) is 24.3 Å². The molecule has 80 heavy (non-hydrogen) atoms.